The van der Waals surface area contributed by atoms with E-state index in [0.717, 1.165) is 26.5 Å². The largest absolute Gasteiger partial charge is 0.228 e. The van der Waals surface area contributed by atoms with Crippen molar-refractivity contribution in [2.75, 3.05) is 0 Å². The third-order valence-corrected chi connectivity index (χ3v) is 3.91. The molecule has 0 radical (unpaired) electrons. The lowest BCUT2D eigenvalue weighted by atomic mass is 10.1. The van der Waals surface area contributed by atoms with Gasteiger partial charge in [-0.1, -0.05) is 39.1 Å². The Balaban J connectivity index is 2.24. The van der Waals surface area contributed by atoms with Crippen LogP contribution in [0.25, 0.3) is 22.3 Å². The lowest BCUT2D eigenvalue weighted by Crippen LogP contribution is -1.92. The summed E-state index contributed by atoms with van der Waals surface area (Å²) in [7, 11) is 0. The minimum atomic E-state index is 0.434. The van der Waals surface area contributed by atoms with E-state index in [1.165, 1.54) is 0 Å². The molecule has 1 heterocycles. The molecule has 0 spiro atoms. The van der Waals surface area contributed by atoms with Gasteiger partial charge in [0.2, 0.25) is 0 Å². The summed E-state index contributed by atoms with van der Waals surface area (Å²) in [5, 5.41) is 1.92. The van der Waals surface area contributed by atoms with E-state index in [0.29, 0.717) is 16.0 Å². The third kappa shape index (κ3) is 2.66. The fourth-order valence-electron chi connectivity index (χ4n) is 2.06. The molecule has 0 fully saturated rings. The van der Waals surface area contributed by atoms with Gasteiger partial charge in [-0.2, -0.15) is 0 Å². The Morgan fingerprint density at radius 3 is 2.55 bits per heavy atom. The molecule has 20 heavy (non-hydrogen) atoms. The number of rotatable bonds is 1. The van der Waals surface area contributed by atoms with Gasteiger partial charge < -0.3 is 0 Å². The molecule has 5 heteroatoms. The number of benzene rings is 2. The number of aryl methyl sites for hydroxylation is 1. The molecule has 0 saturated heterocycles. The Morgan fingerprint density at radius 1 is 1.00 bits per heavy atom. The van der Waals surface area contributed by atoms with Crippen LogP contribution in [0.1, 0.15) is 5.56 Å². The molecule has 0 unspecified atom stereocenters. The van der Waals surface area contributed by atoms with Crippen LogP contribution in [0, 0.1) is 6.92 Å². The summed E-state index contributed by atoms with van der Waals surface area (Å²) in [6.07, 6.45) is 0. The van der Waals surface area contributed by atoms with Gasteiger partial charge in [0.05, 0.1) is 5.52 Å². The number of fused-ring (bicyclic) bond motifs is 1. The number of aromatic nitrogens is 2. The fraction of sp³-hybridized carbons (Fsp3) is 0.0667. The second kappa shape index (κ2) is 5.32. The number of hydrogen-bond acceptors (Lipinski definition) is 2. The van der Waals surface area contributed by atoms with Crippen LogP contribution in [0.3, 0.4) is 0 Å². The minimum Gasteiger partial charge on any atom is -0.228 e. The molecule has 2 aromatic carbocycles. The maximum Gasteiger partial charge on any atom is 0.161 e. The molecule has 2 nitrogen and oxygen atoms in total. The molecule has 0 aliphatic carbocycles. The molecular weight excluding hydrogens is 359 g/mol. The quantitative estimate of drug-likeness (QED) is 0.517. The van der Waals surface area contributed by atoms with E-state index in [2.05, 4.69) is 25.9 Å². The highest BCUT2D eigenvalue weighted by Gasteiger charge is 2.09. The Kier molecular flexibility index (Phi) is 3.67. The molecule has 0 amide bonds. The van der Waals surface area contributed by atoms with E-state index >= 15 is 0 Å². The van der Waals surface area contributed by atoms with E-state index in [9.17, 15) is 0 Å². The summed E-state index contributed by atoms with van der Waals surface area (Å²) in [5.41, 5.74) is 2.73. The van der Waals surface area contributed by atoms with Crippen LogP contribution in [0.4, 0.5) is 0 Å². The minimum absolute atomic E-state index is 0.434. The molecule has 0 aliphatic rings. The summed E-state index contributed by atoms with van der Waals surface area (Å²) in [6, 6.07) is 11.5. The normalized spacial score (nSPS) is 11.0. The van der Waals surface area contributed by atoms with Gasteiger partial charge >= 0.3 is 0 Å². The van der Waals surface area contributed by atoms with Crippen LogP contribution in [0.15, 0.2) is 40.9 Å². The van der Waals surface area contributed by atoms with Crippen molar-refractivity contribution in [1.29, 1.82) is 0 Å². The van der Waals surface area contributed by atoms with Crippen molar-refractivity contribution in [2.24, 2.45) is 0 Å². The Morgan fingerprint density at radius 2 is 1.80 bits per heavy atom. The summed E-state index contributed by atoms with van der Waals surface area (Å²) in [6.45, 7) is 1.98. The zero-order valence-electron chi connectivity index (χ0n) is 10.5. The highest BCUT2D eigenvalue weighted by Crippen LogP contribution is 2.28. The van der Waals surface area contributed by atoms with Crippen LogP contribution in [-0.2, 0) is 0 Å². The first kappa shape index (κ1) is 13.8. The smallest absolute Gasteiger partial charge is 0.161 e. The number of hydrogen-bond donors (Lipinski definition) is 0. The SMILES string of the molecule is Cc1cc(Cl)cc(-c2nc(Cl)c3cc(Br)ccc3n2)c1. The van der Waals surface area contributed by atoms with Gasteiger partial charge in [-0.25, -0.2) is 9.97 Å². The van der Waals surface area contributed by atoms with E-state index in [-0.39, 0.29) is 0 Å². The summed E-state index contributed by atoms with van der Waals surface area (Å²) in [5.74, 6) is 0.579. The fourth-order valence-corrected chi connectivity index (χ4v) is 2.94. The predicted octanol–water partition coefficient (Wildman–Crippen LogP) is 5.67. The first-order valence-corrected chi connectivity index (χ1v) is 7.48. The van der Waals surface area contributed by atoms with Crippen LogP contribution in [0.2, 0.25) is 10.2 Å². The first-order chi connectivity index (χ1) is 9.52. The zero-order valence-corrected chi connectivity index (χ0v) is 13.6. The summed E-state index contributed by atoms with van der Waals surface area (Å²) < 4.78 is 0.946. The monoisotopic (exact) mass is 366 g/mol. The standard InChI is InChI=1S/C15H9BrCl2N2/c1-8-4-9(6-11(17)5-8)15-19-13-3-2-10(16)7-12(13)14(18)20-15/h2-7H,1H3. The molecule has 0 bridgehead atoms. The van der Waals surface area contributed by atoms with Crippen molar-refractivity contribution in [3.05, 3.63) is 56.6 Å². The Bertz CT molecular complexity index is 798. The molecule has 0 aliphatic heterocycles. The number of halogens is 3. The van der Waals surface area contributed by atoms with Gasteiger partial charge in [0.15, 0.2) is 5.82 Å². The molecule has 0 N–H and O–H groups in total. The van der Waals surface area contributed by atoms with Crippen LogP contribution in [-0.4, -0.2) is 9.97 Å². The maximum absolute atomic E-state index is 6.26. The maximum atomic E-state index is 6.26. The van der Waals surface area contributed by atoms with Gasteiger partial charge in [0.1, 0.15) is 5.15 Å². The van der Waals surface area contributed by atoms with Crippen LogP contribution in [0.5, 0.6) is 0 Å². The van der Waals surface area contributed by atoms with E-state index in [1.807, 2.05) is 43.3 Å². The van der Waals surface area contributed by atoms with Crippen molar-refractivity contribution in [2.45, 2.75) is 6.92 Å². The second-order valence-corrected chi connectivity index (χ2v) is 6.23. The van der Waals surface area contributed by atoms with Gasteiger partial charge in [0, 0.05) is 20.4 Å². The average Bonchev–Trinajstić information content (AvgIpc) is 2.38. The molecule has 1 aromatic heterocycles. The third-order valence-electron chi connectivity index (χ3n) is 2.91. The highest BCUT2D eigenvalue weighted by molar-refractivity contribution is 9.10. The highest BCUT2D eigenvalue weighted by atomic mass is 79.9. The van der Waals surface area contributed by atoms with Crippen molar-refractivity contribution in [3.8, 4) is 11.4 Å². The van der Waals surface area contributed by atoms with Gasteiger partial charge in [-0.15, -0.1) is 0 Å². The molecule has 0 atom stereocenters. The molecule has 0 saturated carbocycles. The summed E-state index contributed by atoms with van der Waals surface area (Å²) in [4.78, 5) is 8.92. The molecule has 3 aromatic rings. The second-order valence-electron chi connectivity index (χ2n) is 4.52. The van der Waals surface area contributed by atoms with Crippen molar-refractivity contribution < 1.29 is 0 Å². The topological polar surface area (TPSA) is 25.8 Å². The van der Waals surface area contributed by atoms with Gasteiger partial charge in [-0.3, -0.25) is 0 Å². The Hall–Kier alpha value is -1.16. The predicted molar refractivity (Wildman–Crippen MR) is 87.4 cm³/mol. The molecule has 3 rings (SSSR count). The number of nitrogens with zero attached hydrogens (tertiary/aromatic N) is 2. The molecule has 100 valence electrons. The van der Waals surface area contributed by atoms with Crippen LogP contribution < -0.4 is 0 Å². The van der Waals surface area contributed by atoms with Crippen molar-refractivity contribution in [3.63, 3.8) is 0 Å². The van der Waals surface area contributed by atoms with Gasteiger partial charge in [0.25, 0.3) is 0 Å². The average molecular weight is 368 g/mol. The van der Waals surface area contributed by atoms with E-state index < -0.39 is 0 Å². The van der Waals surface area contributed by atoms with Crippen LogP contribution >= 0.6 is 39.1 Å². The first-order valence-electron chi connectivity index (χ1n) is 5.93. The lowest BCUT2D eigenvalue weighted by Gasteiger charge is -2.06. The lowest BCUT2D eigenvalue weighted by molar-refractivity contribution is 1.22. The van der Waals surface area contributed by atoms with E-state index in [4.69, 9.17) is 23.2 Å². The van der Waals surface area contributed by atoms with E-state index in [1.54, 1.807) is 0 Å². The molecular formula is C15H9BrCl2N2. The summed E-state index contributed by atoms with van der Waals surface area (Å²) >= 11 is 15.8. The Labute approximate surface area is 134 Å². The zero-order chi connectivity index (χ0) is 14.3. The van der Waals surface area contributed by atoms with Crippen molar-refractivity contribution in [1.82, 2.24) is 9.97 Å². The van der Waals surface area contributed by atoms with Gasteiger partial charge in [-0.05, 0) is 48.9 Å². The van der Waals surface area contributed by atoms with Crippen molar-refractivity contribution >= 4 is 50.0 Å².